The zero-order chi connectivity index (χ0) is 8.48. The Morgan fingerprint density at radius 1 is 1.45 bits per heavy atom. The molecule has 1 unspecified atom stereocenters. The highest BCUT2D eigenvalue weighted by Gasteiger charge is 2.39. The van der Waals surface area contributed by atoms with Gasteiger partial charge in [-0.1, -0.05) is 12.8 Å². The monoisotopic (exact) mass is 158 g/mol. The summed E-state index contributed by atoms with van der Waals surface area (Å²) in [5.41, 5.74) is 9.94. The van der Waals surface area contributed by atoms with Gasteiger partial charge in [-0.3, -0.25) is 4.79 Å². The molecular formula is C7H14N2O2. The molecule has 1 aliphatic rings. The number of aliphatic hydroxyl groups excluding tert-OH is 1. The minimum atomic E-state index is -1.18. The Morgan fingerprint density at radius 2 is 1.91 bits per heavy atom. The fourth-order valence-electron chi connectivity index (χ4n) is 1.59. The van der Waals surface area contributed by atoms with E-state index in [-0.39, 0.29) is 0 Å². The molecular weight excluding hydrogens is 144 g/mol. The number of carbonyl (C=O) groups excluding carboxylic acids is 1. The Bertz CT molecular complexity index is 164. The predicted octanol–water partition coefficient (Wildman–Crippen LogP) is -0.896. The Morgan fingerprint density at radius 3 is 2.27 bits per heavy atom. The van der Waals surface area contributed by atoms with E-state index in [1.807, 2.05) is 0 Å². The SMILES string of the molecule is NC(=O)C(O)C1(N)CCCC1. The van der Waals surface area contributed by atoms with Gasteiger partial charge in [-0.25, -0.2) is 0 Å². The van der Waals surface area contributed by atoms with Crippen LogP contribution >= 0.6 is 0 Å². The molecule has 0 radical (unpaired) electrons. The van der Waals surface area contributed by atoms with Crippen molar-refractivity contribution in [2.24, 2.45) is 11.5 Å². The van der Waals surface area contributed by atoms with Crippen LogP contribution in [0.25, 0.3) is 0 Å². The first kappa shape index (κ1) is 8.49. The molecule has 4 nitrogen and oxygen atoms in total. The van der Waals surface area contributed by atoms with Crippen LogP contribution < -0.4 is 11.5 Å². The Labute approximate surface area is 65.6 Å². The van der Waals surface area contributed by atoms with E-state index in [1.165, 1.54) is 0 Å². The number of rotatable bonds is 2. The number of hydrogen-bond acceptors (Lipinski definition) is 3. The molecule has 11 heavy (non-hydrogen) atoms. The van der Waals surface area contributed by atoms with Crippen molar-refractivity contribution in [3.05, 3.63) is 0 Å². The van der Waals surface area contributed by atoms with Crippen molar-refractivity contribution in [2.75, 3.05) is 0 Å². The van der Waals surface area contributed by atoms with Crippen molar-refractivity contribution >= 4 is 5.91 Å². The first-order valence-corrected chi connectivity index (χ1v) is 3.82. The van der Waals surface area contributed by atoms with Gasteiger partial charge in [-0.15, -0.1) is 0 Å². The largest absolute Gasteiger partial charge is 0.381 e. The van der Waals surface area contributed by atoms with E-state index >= 15 is 0 Å². The molecule has 1 fully saturated rings. The summed E-state index contributed by atoms with van der Waals surface area (Å²) in [7, 11) is 0. The van der Waals surface area contributed by atoms with E-state index in [0.717, 1.165) is 12.8 Å². The molecule has 1 rings (SSSR count). The first-order chi connectivity index (χ1) is 5.06. The summed E-state index contributed by atoms with van der Waals surface area (Å²) >= 11 is 0. The third-order valence-corrected chi connectivity index (χ3v) is 2.35. The lowest BCUT2D eigenvalue weighted by Crippen LogP contribution is -2.54. The van der Waals surface area contributed by atoms with Crippen molar-refractivity contribution in [1.82, 2.24) is 0 Å². The third-order valence-electron chi connectivity index (χ3n) is 2.35. The highest BCUT2D eigenvalue weighted by atomic mass is 16.3. The van der Waals surface area contributed by atoms with E-state index in [4.69, 9.17) is 11.5 Å². The maximum absolute atomic E-state index is 10.6. The van der Waals surface area contributed by atoms with Gasteiger partial charge in [0.25, 0.3) is 0 Å². The van der Waals surface area contributed by atoms with Crippen LogP contribution in [0.5, 0.6) is 0 Å². The second-order valence-corrected chi connectivity index (χ2v) is 3.25. The van der Waals surface area contributed by atoms with Crippen molar-refractivity contribution in [3.63, 3.8) is 0 Å². The fraction of sp³-hybridized carbons (Fsp3) is 0.857. The van der Waals surface area contributed by atoms with Crippen LogP contribution in [-0.4, -0.2) is 22.7 Å². The number of nitrogens with two attached hydrogens (primary N) is 2. The Balaban J connectivity index is 2.63. The highest BCUT2D eigenvalue weighted by Crippen LogP contribution is 2.29. The zero-order valence-electron chi connectivity index (χ0n) is 6.42. The fourth-order valence-corrected chi connectivity index (χ4v) is 1.59. The minimum absolute atomic E-state index is 0.692. The Kier molecular flexibility index (Phi) is 2.15. The molecule has 0 aliphatic heterocycles. The maximum Gasteiger partial charge on any atom is 0.248 e. The first-order valence-electron chi connectivity index (χ1n) is 3.82. The molecule has 0 saturated heterocycles. The molecule has 1 aliphatic carbocycles. The number of carbonyl (C=O) groups is 1. The normalized spacial score (nSPS) is 24.9. The molecule has 5 N–H and O–H groups in total. The van der Waals surface area contributed by atoms with Gasteiger partial charge in [0.1, 0.15) is 6.10 Å². The van der Waals surface area contributed by atoms with Crippen molar-refractivity contribution < 1.29 is 9.90 Å². The van der Waals surface area contributed by atoms with Gasteiger partial charge in [-0.2, -0.15) is 0 Å². The quantitative estimate of drug-likeness (QED) is 0.486. The lowest BCUT2D eigenvalue weighted by Gasteiger charge is -2.27. The zero-order valence-corrected chi connectivity index (χ0v) is 6.42. The van der Waals surface area contributed by atoms with Crippen molar-refractivity contribution in [2.45, 2.75) is 37.3 Å². The third kappa shape index (κ3) is 1.52. The van der Waals surface area contributed by atoms with Crippen LogP contribution in [0, 0.1) is 0 Å². The average Bonchev–Trinajstić information content (AvgIpc) is 2.35. The molecule has 4 heteroatoms. The standard InChI is InChI=1S/C7H14N2O2/c8-6(11)5(10)7(9)3-1-2-4-7/h5,10H,1-4,9H2,(H2,8,11). The van der Waals surface area contributed by atoms with E-state index in [2.05, 4.69) is 0 Å². The van der Waals surface area contributed by atoms with Crippen LogP contribution in [0.3, 0.4) is 0 Å². The number of primary amides is 1. The van der Waals surface area contributed by atoms with Crippen LogP contribution in [0.2, 0.25) is 0 Å². The van der Waals surface area contributed by atoms with Crippen molar-refractivity contribution in [1.29, 1.82) is 0 Å². The molecule has 1 amide bonds. The maximum atomic E-state index is 10.6. The molecule has 0 aromatic heterocycles. The second kappa shape index (κ2) is 2.79. The van der Waals surface area contributed by atoms with E-state index in [0.29, 0.717) is 12.8 Å². The van der Waals surface area contributed by atoms with Gasteiger partial charge in [0.05, 0.1) is 5.54 Å². The molecule has 1 saturated carbocycles. The van der Waals surface area contributed by atoms with Crippen LogP contribution in [-0.2, 0) is 4.79 Å². The summed E-state index contributed by atoms with van der Waals surface area (Å²) in [5.74, 6) is -0.714. The molecule has 0 aromatic carbocycles. The van der Waals surface area contributed by atoms with E-state index < -0.39 is 17.6 Å². The summed E-state index contributed by atoms with van der Waals surface area (Å²) < 4.78 is 0. The van der Waals surface area contributed by atoms with Gasteiger partial charge in [0, 0.05) is 0 Å². The highest BCUT2D eigenvalue weighted by molar-refractivity contribution is 5.80. The average molecular weight is 158 g/mol. The van der Waals surface area contributed by atoms with Gasteiger partial charge >= 0.3 is 0 Å². The summed E-state index contributed by atoms with van der Waals surface area (Å²) in [6, 6.07) is 0. The van der Waals surface area contributed by atoms with Gasteiger partial charge in [-0.05, 0) is 12.8 Å². The summed E-state index contributed by atoms with van der Waals surface area (Å²) in [4.78, 5) is 10.6. The predicted molar refractivity (Wildman–Crippen MR) is 40.6 cm³/mol. The van der Waals surface area contributed by atoms with Gasteiger partial charge in [0.2, 0.25) is 5.91 Å². The van der Waals surface area contributed by atoms with Crippen LogP contribution in [0.4, 0.5) is 0 Å². The number of amides is 1. The van der Waals surface area contributed by atoms with Gasteiger partial charge in [0.15, 0.2) is 0 Å². The Hall–Kier alpha value is -0.610. The summed E-state index contributed by atoms with van der Waals surface area (Å²) in [5, 5.41) is 9.29. The molecule has 0 bridgehead atoms. The second-order valence-electron chi connectivity index (χ2n) is 3.25. The lowest BCUT2D eigenvalue weighted by molar-refractivity contribution is -0.129. The molecule has 0 heterocycles. The molecule has 1 atom stereocenters. The smallest absolute Gasteiger partial charge is 0.248 e. The number of hydrogen-bond donors (Lipinski definition) is 3. The van der Waals surface area contributed by atoms with E-state index in [9.17, 15) is 9.90 Å². The summed E-state index contributed by atoms with van der Waals surface area (Å²) in [6.45, 7) is 0. The molecule has 0 spiro atoms. The summed E-state index contributed by atoms with van der Waals surface area (Å²) in [6.07, 6.45) is 2.15. The van der Waals surface area contributed by atoms with Gasteiger partial charge < -0.3 is 16.6 Å². The van der Waals surface area contributed by atoms with E-state index in [1.54, 1.807) is 0 Å². The minimum Gasteiger partial charge on any atom is -0.381 e. The topological polar surface area (TPSA) is 89.3 Å². The van der Waals surface area contributed by atoms with Crippen LogP contribution in [0.15, 0.2) is 0 Å². The van der Waals surface area contributed by atoms with Crippen molar-refractivity contribution in [3.8, 4) is 0 Å². The lowest BCUT2D eigenvalue weighted by atomic mass is 9.91. The van der Waals surface area contributed by atoms with Crippen LogP contribution in [0.1, 0.15) is 25.7 Å². The number of aliphatic hydroxyl groups is 1. The molecule has 64 valence electrons. The molecule has 0 aromatic rings.